The molecular formula is C26H31N3O3S. The second kappa shape index (κ2) is 12.3. The summed E-state index contributed by atoms with van der Waals surface area (Å²) in [7, 11) is 0. The van der Waals surface area contributed by atoms with Crippen molar-refractivity contribution in [2.24, 2.45) is 11.7 Å². The monoisotopic (exact) mass is 465 g/mol. The zero-order valence-electron chi connectivity index (χ0n) is 19.1. The molecule has 0 aliphatic heterocycles. The van der Waals surface area contributed by atoms with Gasteiger partial charge in [-0.15, -0.1) is 11.3 Å². The van der Waals surface area contributed by atoms with E-state index >= 15 is 0 Å². The quantitative estimate of drug-likeness (QED) is 0.515. The SMILES string of the molecule is CC(NC(=O)c1ccccc1)c1cccc(-c2nccs2)c1.CCOC1CCC(C(N)=O)C1. The lowest BCUT2D eigenvalue weighted by Gasteiger charge is -2.15. The van der Waals surface area contributed by atoms with E-state index in [0.717, 1.165) is 42.0 Å². The number of carbonyl (C=O) groups excluding carboxylic acids is 2. The van der Waals surface area contributed by atoms with Crippen LogP contribution in [0, 0.1) is 5.92 Å². The second-order valence-electron chi connectivity index (χ2n) is 8.01. The first-order valence-corrected chi connectivity index (χ1v) is 12.1. The lowest BCUT2D eigenvalue weighted by atomic mass is 10.0. The van der Waals surface area contributed by atoms with Gasteiger partial charge in [-0.25, -0.2) is 4.98 Å². The zero-order valence-corrected chi connectivity index (χ0v) is 19.9. The molecule has 2 aromatic carbocycles. The van der Waals surface area contributed by atoms with Gasteiger partial charge in [0.1, 0.15) is 5.01 Å². The standard InChI is InChI=1S/C18H16N2OS.C8H15NO2/c1-13(20-17(21)14-6-3-2-4-7-14)15-8-5-9-16(12-15)18-19-10-11-22-18;1-2-11-7-4-3-6(5-7)8(9)10/h2-13H,1H3,(H,20,21);6-7H,2-5H2,1H3,(H2,9,10). The number of hydrogen-bond acceptors (Lipinski definition) is 5. The van der Waals surface area contributed by atoms with E-state index in [9.17, 15) is 9.59 Å². The zero-order chi connectivity index (χ0) is 23.6. The summed E-state index contributed by atoms with van der Waals surface area (Å²) in [4.78, 5) is 27.3. The number of aromatic nitrogens is 1. The van der Waals surface area contributed by atoms with Gasteiger partial charge in [0.15, 0.2) is 0 Å². The highest BCUT2D eigenvalue weighted by molar-refractivity contribution is 7.13. The van der Waals surface area contributed by atoms with Crippen molar-refractivity contribution in [1.29, 1.82) is 0 Å². The molecule has 2 amide bonds. The van der Waals surface area contributed by atoms with Crippen LogP contribution in [0.1, 0.15) is 55.1 Å². The minimum absolute atomic E-state index is 0.0616. The van der Waals surface area contributed by atoms with Gasteiger partial charge < -0.3 is 15.8 Å². The van der Waals surface area contributed by atoms with Crippen molar-refractivity contribution in [2.45, 2.75) is 45.3 Å². The molecule has 4 rings (SSSR count). The van der Waals surface area contributed by atoms with Crippen LogP contribution in [-0.2, 0) is 9.53 Å². The minimum atomic E-state index is -0.174. The van der Waals surface area contributed by atoms with Crippen molar-refractivity contribution < 1.29 is 14.3 Å². The van der Waals surface area contributed by atoms with Crippen LogP contribution in [0.3, 0.4) is 0 Å². The summed E-state index contributed by atoms with van der Waals surface area (Å²) in [6.07, 6.45) is 4.79. The molecule has 1 aliphatic carbocycles. The van der Waals surface area contributed by atoms with Gasteiger partial charge in [-0.3, -0.25) is 9.59 Å². The highest BCUT2D eigenvalue weighted by Crippen LogP contribution is 2.27. The Morgan fingerprint density at radius 2 is 1.97 bits per heavy atom. The van der Waals surface area contributed by atoms with E-state index in [1.807, 2.05) is 67.8 Å². The Morgan fingerprint density at radius 3 is 2.61 bits per heavy atom. The summed E-state index contributed by atoms with van der Waals surface area (Å²) in [6.45, 7) is 4.69. The van der Waals surface area contributed by atoms with Crippen LogP contribution in [-0.4, -0.2) is 29.5 Å². The van der Waals surface area contributed by atoms with E-state index in [-0.39, 0.29) is 29.9 Å². The van der Waals surface area contributed by atoms with Crippen molar-refractivity contribution >= 4 is 23.2 Å². The molecule has 0 spiro atoms. The summed E-state index contributed by atoms with van der Waals surface area (Å²) in [5, 5.41) is 5.98. The molecule has 174 valence electrons. The maximum atomic E-state index is 12.2. The molecule has 1 fully saturated rings. The number of hydrogen-bond donors (Lipinski definition) is 2. The summed E-state index contributed by atoms with van der Waals surface area (Å²) >= 11 is 1.61. The molecule has 7 heteroatoms. The normalized spacial score (nSPS) is 18.1. The Hall–Kier alpha value is -3.03. The predicted octanol–water partition coefficient (Wildman–Crippen LogP) is 4.98. The van der Waals surface area contributed by atoms with Gasteiger partial charge in [-0.05, 0) is 56.9 Å². The number of amides is 2. The number of ether oxygens (including phenoxy) is 1. The Kier molecular flexibility index (Phi) is 9.15. The molecule has 33 heavy (non-hydrogen) atoms. The van der Waals surface area contributed by atoms with Crippen molar-refractivity contribution in [3.63, 3.8) is 0 Å². The number of benzene rings is 2. The summed E-state index contributed by atoms with van der Waals surface area (Å²) in [6, 6.07) is 17.3. The highest BCUT2D eigenvalue weighted by atomic mass is 32.1. The summed E-state index contributed by atoms with van der Waals surface area (Å²) < 4.78 is 5.38. The number of nitrogens with two attached hydrogens (primary N) is 1. The lowest BCUT2D eigenvalue weighted by Crippen LogP contribution is -2.26. The largest absolute Gasteiger partial charge is 0.378 e. The molecule has 3 atom stereocenters. The number of thiazole rings is 1. The van der Waals surface area contributed by atoms with Crippen molar-refractivity contribution in [2.75, 3.05) is 6.61 Å². The summed E-state index contributed by atoms with van der Waals surface area (Å²) in [5.41, 5.74) is 7.98. The molecule has 1 aliphatic rings. The summed E-state index contributed by atoms with van der Waals surface area (Å²) in [5.74, 6) is -0.175. The fourth-order valence-electron chi connectivity index (χ4n) is 3.85. The number of nitrogens with one attached hydrogen (secondary N) is 1. The number of rotatable bonds is 7. The Labute approximate surface area is 199 Å². The third kappa shape index (κ3) is 7.23. The van der Waals surface area contributed by atoms with Gasteiger partial charge in [-0.1, -0.05) is 36.4 Å². The average molecular weight is 466 g/mol. The van der Waals surface area contributed by atoms with Crippen LogP contribution in [0.25, 0.3) is 10.6 Å². The maximum absolute atomic E-state index is 12.2. The fourth-order valence-corrected chi connectivity index (χ4v) is 4.48. The first kappa shape index (κ1) is 24.6. The van der Waals surface area contributed by atoms with Crippen LogP contribution in [0.5, 0.6) is 0 Å². The molecule has 1 heterocycles. The molecule has 1 aromatic heterocycles. The minimum Gasteiger partial charge on any atom is -0.378 e. The van der Waals surface area contributed by atoms with Crippen LogP contribution in [0.4, 0.5) is 0 Å². The van der Waals surface area contributed by atoms with Gasteiger partial charge in [0.05, 0.1) is 12.1 Å². The molecule has 3 unspecified atom stereocenters. The maximum Gasteiger partial charge on any atom is 0.251 e. The predicted molar refractivity (Wildman–Crippen MR) is 132 cm³/mol. The molecule has 1 saturated carbocycles. The Bertz CT molecular complexity index is 1020. The number of primary amides is 1. The molecule has 0 bridgehead atoms. The molecule has 3 aromatic rings. The molecule has 0 saturated heterocycles. The average Bonchev–Trinajstić information content (AvgIpc) is 3.53. The van der Waals surface area contributed by atoms with Gasteiger partial charge in [0.2, 0.25) is 5.91 Å². The van der Waals surface area contributed by atoms with Crippen LogP contribution in [0.2, 0.25) is 0 Å². The van der Waals surface area contributed by atoms with E-state index in [0.29, 0.717) is 5.56 Å². The fraction of sp³-hybridized carbons (Fsp3) is 0.346. The Balaban J connectivity index is 0.000000235. The van der Waals surface area contributed by atoms with Crippen molar-refractivity contribution in [1.82, 2.24) is 10.3 Å². The third-order valence-electron chi connectivity index (χ3n) is 5.64. The Morgan fingerprint density at radius 1 is 1.18 bits per heavy atom. The molecule has 3 N–H and O–H groups in total. The van der Waals surface area contributed by atoms with Gasteiger partial charge in [-0.2, -0.15) is 0 Å². The molecule has 6 nitrogen and oxygen atoms in total. The third-order valence-corrected chi connectivity index (χ3v) is 6.46. The van der Waals surface area contributed by atoms with Gasteiger partial charge in [0.25, 0.3) is 5.91 Å². The molecular weight excluding hydrogens is 434 g/mol. The van der Waals surface area contributed by atoms with E-state index in [4.69, 9.17) is 10.5 Å². The molecule has 0 radical (unpaired) electrons. The van der Waals surface area contributed by atoms with Crippen LogP contribution >= 0.6 is 11.3 Å². The van der Waals surface area contributed by atoms with Crippen LogP contribution < -0.4 is 11.1 Å². The van der Waals surface area contributed by atoms with E-state index < -0.39 is 0 Å². The van der Waals surface area contributed by atoms with Crippen molar-refractivity contribution in [3.8, 4) is 10.6 Å². The van der Waals surface area contributed by atoms with E-state index in [1.54, 1.807) is 17.5 Å². The van der Waals surface area contributed by atoms with Gasteiger partial charge >= 0.3 is 0 Å². The topological polar surface area (TPSA) is 94.3 Å². The highest BCUT2D eigenvalue weighted by Gasteiger charge is 2.28. The van der Waals surface area contributed by atoms with Crippen LogP contribution in [0.15, 0.2) is 66.2 Å². The second-order valence-corrected chi connectivity index (χ2v) is 8.91. The first-order valence-electron chi connectivity index (χ1n) is 11.2. The number of carbonyl (C=O) groups is 2. The van der Waals surface area contributed by atoms with E-state index in [1.165, 1.54) is 0 Å². The van der Waals surface area contributed by atoms with Gasteiger partial charge in [0, 0.05) is 35.2 Å². The van der Waals surface area contributed by atoms with E-state index in [2.05, 4.69) is 16.4 Å². The lowest BCUT2D eigenvalue weighted by molar-refractivity contribution is -0.121. The first-order chi connectivity index (χ1) is 16.0. The van der Waals surface area contributed by atoms with Crippen molar-refractivity contribution in [3.05, 3.63) is 77.3 Å². The number of nitrogens with zero attached hydrogens (tertiary/aromatic N) is 1. The smallest absolute Gasteiger partial charge is 0.251 e.